The van der Waals surface area contributed by atoms with Crippen LogP contribution < -0.4 is 5.32 Å². The third kappa shape index (κ3) is 2.70. The first-order valence-corrected chi connectivity index (χ1v) is 6.08. The average Bonchev–Trinajstić information content (AvgIpc) is 2.12. The highest BCUT2D eigenvalue weighted by atomic mass is 14.9. The second-order valence-corrected chi connectivity index (χ2v) is 5.19. The summed E-state index contributed by atoms with van der Waals surface area (Å²) in [6, 6.07) is 0.872. The summed E-state index contributed by atoms with van der Waals surface area (Å²) in [6.45, 7) is 3.66. The molecular weight excluding hydrogens is 158 g/mol. The van der Waals surface area contributed by atoms with Crippen molar-refractivity contribution in [3.8, 4) is 0 Å². The quantitative estimate of drug-likeness (QED) is 0.706. The molecule has 0 aliphatic heterocycles. The summed E-state index contributed by atoms with van der Waals surface area (Å²) in [6.07, 6.45) is 10.3. The molecule has 0 amide bonds. The molecule has 0 heterocycles. The van der Waals surface area contributed by atoms with Crippen LogP contribution in [0.25, 0.3) is 0 Å². The number of rotatable bonds is 3. The number of hydrogen-bond acceptors (Lipinski definition) is 1. The normalized spacial score (nSPS) is 35.8. The van der Waals surface area contributed by atoms with Crippen LogP contribution in [0.2, 0.25) is 0 Å². The van der Waals surface area contributed by atoms with Crippen molar-refractivity contribution in [1.82, 2.24) is 5.32 Å². The third-order valence-corrected chi connectivity index (χ3v) is 3.79. The molecule has 0 atom stereocenters. The van der Waals surface area contributed by atoms with Crippen molar-refractivity contribution < 1.29 is 0 Å². The lowest BCUT2D eigenvalue weighted by Crippen LogP contribution is -2.42. The van der Waals surface area contributed by atoms with E-state index in [0.29, 0.717) is 0 Å². The lowest BCUT2D eigenvalue weighted by Gasteiger charge is -2.35. The van der Waals surface area contributed by atoms with Crippen molar-refractivity contribution in [2.24, 2.45) is 11.8 Å². The standard InChI is InChI=1S/C12H23N/c1-10-7-12(8-10)13-9-11-5-3-2-4-6-11/h10-13H,2-9H2,1H3. The second kappa shape index (κ2) is 4.45. The Bertz CT molecular complexity index is 143. The van der Waals surface area contributed by atoms with Gasteiger partial charge < -0.3 is 5.32 Å². The van der Waals surface area contributed by atoms with E-state index >= 15 is 0 Å². The molecule has 0 aromatic carbocycles. The van der Waals surface area contributed by atoms with Crippen molar-refractivity contribution in [1.29, 1.82) is 0 Å². The van der Waals surface area contributed by atoms with E-state index in [-0.39, 0.29) is 0 Å². The van der Waals surface area contributed by atoms with E-state index in [1.165, 1.54) is 51.5 Å². The molecule has 0 unspecified atom stereocenters. The van der Waals surface area contributed by atoms with E-state index < -0.39 is 0 Å². The molecule has 1 N–H and O–H groups in total. The SMILES string of the molecule is CC1CC(NCC2CCCCC2)C1. The van der Waals surface area contributed by atoms with E-state index in [2.05, 4.69) is 12.2 Å². The minimum atomic E-state index is 0.872. The van der Waals surface area contributed by atoms with Gasteiger partial charge in [-0.05, 0) is 44.1 Å². The van der Waals surface area contributed by atoms with Gasteiger partial charge in [-0.25, -0.2) is 0 Å². The largest absolute Gasteiger partial charge is 0.314 e. The Morgan fingerprint density at radius 1 is 1.08 bits per heavy atom. The highest BCUT2D eigenvalue weighted by molar-refractivity contribution is 4.83. The summed E-state index contributed by atoms with van der Waals surface area (Å²) < 4.78 is 0. The summed E-state index contributed by atoms with van der Waals surface area (Å²) in [5.74, 6) is 1.99. The zero-order valence-electron chi connectivity index (χ0n) is 8.89. The first kappa shape index (κ1) is 9.51. The maximum absolute atomic E-state index is 3.72. The molecule has 0 aromatic heterocycles. The van der Waals surface area contributed by atoms with Crippen LogP contribution in [0.3, 0.4) is 0 Å². The van der Waals surface area contributed by atoms with Gasteiger partial charge in [0, 0.05) is 6.04 Å². The van der Waals surface area contributed by atoms with Crippen molar-refractivity contribution in [3.63, 3.8) is 0 Å². The molecule has 76 valence electrons. The van der Waals surface area contributed by atoms with E-state index in [1.807, 2.05) is 0 Å². The smallest absolute Gasteiger partial charge is 0.00722 e. The van der Waals surface area contributed by atoms with E-state index in [9.17, 15) is 0 Å². The van der Waals surface area contributed by atoms with Crippen molar-refractivity contribution in [2.75, 3.05) is 6.54 Å². The highest BCUT2D eigenvalue weighted by Crippen LogP contribution is 2.28. The van der Waals surface area contributed by atoms with E-state index in [4.69, 9.17) is 0 Å². The molecule has 0 radical (unpaired) electrons. The van der Waals surface area contributed by atoms with Crippen molar-refractivity contribution in [3.05, 3.63) is 0 Å². The van der Waals surface area contributed by atoms with Crippen LogP contribution >= 0.6 is 0 Å². The topological polar surface area (TPSA) is 12.0 Å². The Morgan fingerprint density at radius 3 is 2.38 bits per heavy atom. The molecular formula is C12H23N. The molecule has 2 fully saturated rings. The molecule has 0 aromatic rings. The maximum Gasteiger partial charge on any atom is 0.00722 e. The molecule has 2 rings (SSSR count). The van der Waals surface area contributed by atoms with Crippen LogP contribution in [0, 0.1) is 11.8 Å². The number of nitrogens with one attached hydrogen (secondary N) is 1. The van der Waals surface area contributed by atoms with Gasteiger partial charge in [-0.3, -0.25) is 0 Å². The lowest BCUT2D eigenvalue weighted by molar-refractivity contribution is 0.221. The van der Waals surface area contributed by atoms with Gasteiger partial charge in [0.15, 0.2) is 0 Å². The molecule has 0 spiro atoms. The summed E-state index contributed by atoms with van der Waals surface area (Å²) in [5.41, 5.74) is 0. The number of hydrogen-bond donors (Lipinski definition) is 1. The van der Waals surface area contributed by atoms with Crippen LogP contribution in [-0.4, -0.2) is 12.6 Å². The first-order chi connectivity index (χ1) is 6.34. The highest BCUT2D eigenvalue weighted by Gasteiger charge is 2.25. The van der Waals surface area contributed by atoms with E-state index in [0.717, 1.165) is 17.9 Å². The molecule has 2 saturated carbocycles. The van der Waals surface area contributed by atoms with E-state index in [1.54, 1.807) is 0 Å². The van der Waals surface area contributed by atoms with Gasteiger partial charge in [-0.2, -0.15) is 0 Å². The van der Waals surface area contributed by atoms with Crippen LogP contribution in [-0.2, 0) is 0 Å². The maximum atomic E-state index is 3.72. The summed E-state index contributed by atoms with van der Waals surface area (Å²) >= 11 is 0. The Labute approximate surface area is 82.3 Å². The monoisotopic (exact) mass is 181 g/mol. The second-order valence-electron chi connectivity index (χ2n) is 5.19. The minimum absolute atomic E-state index is 0.872. The Balaban J connectivity index is 1.56. The van der Waals surface area contributed by atoms with Crippen LogP contribution in [0.4, 0.5) is 0 Å². The van der Waals surface area contributed by atoms with Crippen molar-refractivity contribution >= 4 is 0 Å². The van der Waals surface area contributed by atoms with Crippen LogP contribution in [0.1, 0.15) is 51.9 Å². The Kier molecular flexibility index (Phi) is 3.26. The van der Waals surface area contributed by atoms with Gasteiger partial charge >= 0.3 is 0 Å². The first-order valence-electron chi connectivity index (χ1n) is 6.08. The predicted octanol–water partition coefficient (Wildman–Crippen LogP) is 2.95. The third-order valence-electron chi connectivity index (χ3n) is 3.79. The summed E-state index contributed by atoms with van der Waals surface area (Å²) in [4.78, 5) is 0. The Morgan fingerprint density at radius 2 is 1.77 bits per heavy atom. The van der Waals surface area contributed by atoms with Gasteiger partial charge in [0.25, 0.3) is 0 Å². The molecule has 1 heteroatoms. The Hall–Kier alpha value is -0.0400. The minimum Gasteiger partial charge on any atom is -0.314 e. The van der Waals surface area contributed by atoms with Gasteiger partial charge in [0.1, 0.15) is 0 Å². The fourth-order valence-electron chi connectivity index (χ4n) is 2.79. The van der Waals surface area contributed by atoms with Crippen LogP contribution in [0.15, 0.2) is 0 Å². The fraction of sp³-hybridized carbons (Fsp3) is 1.00. The molecule has 2 aliphatic rings. The molecule has 2 aliphatic carbocycles. The summed E-state index contributed by atoms with van der Waals surface area (Å²) in [5, 5.41) is 3.72. The van der Waals surface area contributed by atoms with Gasteiger partial charge in [-0.1, -0.05) is 26.2 Å². The van der Waals surface area contributed by atoms with Crippen LogP contribution in [0.5, 0.6) is 0 Å². The van der Waals surface area contributed by atoms with Gasteiger partial charge in [0.2, 0.25) is 0 Å². The molecule has 0 saturated heterocycles. The molecule has 1 nitrogen and oxygen atoms in total. The van der Waals surface area contributed by atoms with Gasteiger partial charge in [-0.15, -0.1) is 0 Å². The average molecular weight is 181 g/mol. The summed E-state index contributed by atoms with van der Waals surface area (Å²) in [7, 11) is 0. The van der Waals surface area contributed by atoms with Gasteiger partial charge in [0.05, 0.1) is 0 Å². The predicted molar refractivity (Wildman–Crippen MR) is 56.8 cm³/mol. The fourth-order valence-corrected chi connectivity index (χ4v) is 2.79. The molecule has 13 heavy (non-hydrogen) atoms. The van der Waals surface area contributed by atoms with Crippen molar-refractivity contribution in [2.45, 2.75) is 57.9 Å². The zero-order chi connectivity index (χ0) is 9.10. The zero-order valence-corrected chi connectivity index (χ0v) is 8.89. The molecule has 0 bridgehead atoms. The lowest BCUT2D eigenvalue weighted by atomic mass is 9.81.